The van der Waals surface area contributed by atoms with Crippen molar-refractivity contribution in [3.05, 3.63) is 71.2 Å². The third-order valence-corrected chi connectivity index (χ3v) is 5.43. The fraction of sp³-hybridized carbons (Fsp3) is 0.304. The molecule has 5 nitrogen and oxygen atoms in total. The van der Waals surface area contributed by atoms with Crippen LogP contribution in [0.15, 0.2) is 48.5 Å². The van der Waals surface area contributed by atoms with Crippen molar-refractivity contribution in [2.75, 3.05) is 13.2 Å². The number of carbonyl (C=O) groups excluding carboxylic acids is 2. The largest absolute Gasteiger partial charge is 0.461 e. The molecule has 1 saturated heterocycles. The molecule has 0 radical (unpaired) electrons. The SMILES string of the molecule is CCOC(=O)c1cc2cc(CC(=O)[C@H]3NCC[C@H]3c3ccc(F)cc3)ccc2[nH]1. The molecule has 0 bridgehead atoms. The van der Waals surface area contributed by atoms with Gasteiger partial charge in [0.05, 0.1) is 12.6 Å². The van der Waals surface area contributed by atoms with Crippen LogP contribution >= 0.6 is 0 Å². The van der Waals surface area contributed by atoms with Crippen molar-refractivity contribution < 1.29 is 18.7 Å². The highest BCUT2D eigenvalue weighted by molar-refractivity contribution is 5.95. The smallest absolute Gasteiger partial charge is 0.354 e. The van der Waals surface area contributed by atoms with Crippen LogP contribution in [-0.4, -0.2) is 35.9 Å². The first-order chi connectivity index (χ1) is 14.0. The molecule has 1 aliphatic heterocycles. The molecule has 2 heterocycles. The second kappa shape index (κ2) is 8.17. The maximum absolute atomic E-state index is 13.2. The summed E-state index contributed by atoms with van der Waals surface area (Å²) in [5.74, 6) is -0.505. The number of carbonyl (C=O) groups is 2. The van der Waals surface area contributed by atoms with Gasteiger partial charge in [0, 0.05) is 23.2 Å². The van der Waals surface area contributed by atoms with Gasteiger partial charge in [-0.15, -0.1) is 0 Å². The molecule has 0 aliphatic carbocycles. The molecule has 4 rings (SSSR count). The molecule has 1 aromatic heterocycles. The maximum Gasteiger partial charge on any atom is 0.354 e. The molecule has 29 heavy (non-hydrogen) atoms. The third-order valence-electron chi connectivity index (χ3n) is 5.43. The highest BCUT2D eigenvalue weighted by atomic mass is 19.1. The van der Waals surface area contributed by atoms with Gasteiger partial charge < -0.3 is 15.0 Å². The number of hydrogen-bond acceptors (Lipinski definition) is 4. The Morgan fingerprint density at radius 3 is 2.69 bits per heavy atom. The molecule has 2 atom stereocenters. The van der Waals surface area contributed by atoms with Crippen molar-refractivity contribution in [1.82, 2.24) is 10.3 Å². The van der Waals surface area contributed by atoms with E-state index in [4.69, 9.17) is 4.74 Å². The van der Waals surface area contributed by atoms with E-state index in [1.807, 2.05) is 18.2 Å². The van der Waals surface area contributed by atoms with Gasteiger partial charge >= 0.3 is 5.97 Å². The Balaban J connectivity index is 1.50. The van der Waals surface area contributed by atoms with Gasteiger partial charge in [-0.3, -0.25) is 4.79 Å². The summed E-state index contributed by atoms with van der Waals surface area (Å²) in [6.45, 7) is 2.84. The van der Waals surface area contributed by atoms with Crippen LogP contribution in [-0.2, 0) is 16.0 Å². The third kappa shape index (κ3) is 4.07. The summed E-state index contributed by atoms with van der Waals surface area (Å²) in [5, 5.41) is 4.17. The number of Topliss-reactive ketones (excluding diaryl/α,β-unsaturated/α-hetero) is 1. The molecule has 0 saturated carbocycles. The van der Waals surface area contributed by atoms with E-state index < -0.39 is 5.97 Å². The molecule has 150 valence electrons. The topological polar surface area (TPSA) is 71.2 Å². The van der Waals surface area contributed by atoms with E-state index in [-0.39, 0.29) is 23.6 Å². The zero-order valence-electron chi connectivity index (χ0n) is 16.2. The Morgan fingerprint density at radius 1 is 1.14 bits per heavy atom. The van der Waals surface area contributed by atoms with E-state index in [0.29, 0.717) is 18.7 Å². The number of hydrogen-bond donors (Lipinski definition) is 2. The number of benzene rings is 2. The molecule has 0 amide bonds. The van der Waals surface area contributed by atoms with Crippen LogP contribution in [0.1, 0.15) is 40.9 Å². The number of nitrogens with one attached hydrogen (secondary N) is 2. The van der Waals surface area contributed by atoms with Crippen molar-refractivity contribution >= 4 is 22.7 Å². The van der Waals surface area contributed by atoms with E-state index in [2.05, 4.69) is 10.3 Å². The fourth-order valence-electron chi connectivity index (χ4n) is 4.03. The Kier molecular flexibility index (Phi) is 5.45. The number of esters is 1. The summed E-state index contributed by atoms with van der Waals surface area (Å²) in [6, 6.07) is 13.6. The first-order valence-electron chi connectivity index (χ1n) is 9.85. The minimum atomic E-state index is -0.390. The lowest BCUT2D eigenvalue weighted by atomic mass is 9.88. The summed E-state index contributed by atoms with van der Waals surface area (Å²) in [6.07, 6.45) is 1.15. The van der Waals surface area contributed by atoms with Crippen LogP contribution < -0.4 is 5.32 Å². The van der Waals surface area contributed by atoms with E-state index in [1.54, 1.807) is 25.1 Å². The molecule has 1 fully saturated rings. The Hall–Kier alpha value is -2.99. The predicted octanol–water partition coefficient (Wildman–Crippen LogP) is 3.74. The Bertz CT molecular complexity index is 1040. The van der Waals surface area contributed by atoms with E-state index >= 15 is 0 Å². The average molecular weight is 394 g/mol. The van der Waals surface area contributed by atoms with Crippen LogP contribution in [0.2, 0.25) is 0 Å². The predicted molar refractivity (Wildman–Crippen MR) is 109 cm³/mol. The van der Waals surface area contributed by atoms with Crippen molar-refractivity contribution in [1.29, 1.82) is 0 Å². The van der Waals surface area contributed by atoms with Crippen molar-refractivity contribution in [3.8, 4) is 0 Å². The second-order valence-corrected chi connectivity index (χ2v) is 7.35. The van der Waals surface area contributed by atoms with Gasteiger partial charge in [-0.1, -0.05) is 18.2 Å². The number of ketones is 1. The van der Waals surface area contributed by atoms with Gasteiger partial charge in [0.15, 0.2) is 5.78 Å². The molecule has 2 aromatic carbocycles. The van der Waals surface area contributed by atoms with Crippen LogP contribution in [0.25, 0.3) is 10.9 Å². The van der Waals surface area contributed by atoms with E-state index in [0.717, 1.165) is 35.0 Å². The lowest BCUT2D eigenvalue weighted by molar-refractivity contribution is -0.120. The average Bonchev–Trinajstić information content (AvgIpc) is 3.35. The summed E-state index contributed by atoms with van der Waals surface area (Å²) in [7, 11) is 0. The quantitative estimate of drug-likeness (QED) is 0.625. The number of H-pyrrole nitrogens is 1. The zero-order chi connectivity index (χ0) is 20.4. The highest BCUT2D eigenvalue weighted by Gasteiger charge is 2.33. The summed E-state index contributed by atoms with van der Waals surface area (Å²) < 4.78 is 18.3. The van der Waals surface area contributed by atoms with Gasteiger partial charge in [-0.05, 0) is 61.3 Å². The fourth-order valence-corrected chi connectivity index (χ4v) is 4.03. The minimum absolute atomic E-state index is 0.0505. The molecule has 6 heteroatoms. The number of rotatable bonds is 6. The van der Waals surface area contributed by atoms with Crippen LogP contribution in [0.5, 0.6) is 0 Å². The van der Waals surface area contributed by atoms with Crippen LogP contribution in [0.3, 0.4) is 0 Å². The Morgan fingerprint density at radius 2 is 1.93 bits per heavy atom. The molecule has 0 spiro atoms. The molecular formula is C23H23FN2O3. The molecular weight excluding hydrogens is 371 g/mol. The zero-order valence-corrected chi connectivity index (χ0v) is 16.2. The summed E-state index contributed by atoms with van der Waals surface area (Å²) >= 11 is 0. The lowest BCUT2D eigenvalue weighted by Crippen LogP contribution is -2.35. The number of halogens is 1. The standard InChI is InChI=1S/C23H23FN2O3/c1-2-29-23(28)20-13-16-11-14(3-8-19(16)26-20)12-21(27)22-18(9-10-25-22)15-4-6-17(24)7-5-15/h3-8,11,13,18,22,25-26H,2,9-10,12H2,1H3/t18-,22-/m0/s1. The van der Waals surface area contributed by atoms with Crippen molar-refractivity contribution in [3.63, 3.8) is 0 Å². The minimum Gasteiger partial charge on any atom is -0.461 e. The van der Waals surface area contributed by atoms with Gasteiger partial charge in [-0.2, -0.15) is 0 Å². The van der Waals surface area contributed by atoms with E-state index in [9.17, 15) is 14.0 Å². The van der Waals surface area contributed by atoms with Gasteiger partial charge in [0.1, 0.15) is 11.5 Å². The Labute approximate surface area is 168 Å². The van der Waals surface area contributed by atoms with Gasteiger partial charge in [0.25, 0.3) is 0 Å². The summed E-state index contributed by atoms with van der Waals surface area (Å²) in [5.41, 5.74) is 3.10. The number of fused-ring (bicyclic) bond motifs is 1. The van der Waals surface area contributed by atoms with Crippen LogP contribution in [0, 0.1) is 5.82 Å². The molecule has 0 unspecified atom stereocenters. The number of aromatic amines is 1. The molecule has 3 aromatic rings. The normalized spacial score (nSPS) is 18.8. The van der Waals surface area contributed by atoms with E-state index in [1.165, 1.54) is 12.1 Å². The second-order valence-electron chi connectivity index (χ2n) is 7.35. The first-order valence-corrected chi connectivity index (χ1v) is 9.85. The first kappa shape index (κ1) is 19.3. The number of ether oxygens (including phenoxy) is 1. The summed E-state index contributed by atoms with van der Waals surface area (Å²) in [4.78, 5) is 27.9. The lowest BCUT2D eigenvalue weighted by Gasteiger charge is -2.19. The van der Waals surface area contributed by atoms with Crippen LogP contribution in [0.4, 0.5) is 4.39 Å². The highest BCUT2D eigenvalue weighted by Crippen LogP contribution is 2.29. The number of aromatic nitrogens is 1. The maximum atomic E-state index is 13.2. The monoisotopic (exact) mass is 394 g/mol. The van der Waals surface area contributed by atoms with Crippen molar-refractivity contribution in [2.24, 2.45) is 0 Å². The van der Waals surface area contributed by atoms with Gasteiger partial charge in [-0.25, -0.2) is 9.18 Å². The van der Waals surface area contributed by atoms with Gasteiger partial charge in [0.2, 0.25) is 0 Å². The van der Waals surface area contributed by atoms with Crippen molar-refractivity contribution in [2.45, 2.75) is 31.7 Å². The molecule has 2 N–H and O–H groups in total. The molecule has 1 aliphatic rings.